The van der Waals surface area contributed by atoms with Crippen LogP contribution in [0.25, 0.3) is 0 Å². The zero-order valence-corrected chi connectivity index (χ0v) is 9.06. The van der Waals surface area contributed by atoms with Crippen molar-refractivity contribution in [2.45, 2.75) is 6.54 Å². The Morgan fingerprint density at radius 3 is 2.53 bits per heavy atom. The minimum atomic E-state index is -0.799. The number of hydrogen-bond donors (Lipinski definition) is 1. The molecule has 0 atom stereocenters. The van der Waals surface area contributed by atoms with E-state index in [-0.39, 0.29) is 0 Å². The highest BCUT2D eigenvalue weighted by Crippen LogP contribution is 2.07. The Hall–Kier alpha value is -1.00. The Kier molecular flexibility index (Phi) is 4.65. The second-order valence-corrected chi connectivity index (χ2v) is 3.73. The maximum Gasteiger partial charge on any atom is 0.159 e. The van der Waals surface area contributed by atoms with Gasteiger partial charge in [-0.15, -0.1) is 0 Å². The van der Waals surface area contributed by atoms with Crippen LogP contribution in [0.3, 0.4) is 0 Å². The van der Waals surface area contributed by atoms with Crippen LogP contribution < -0.4 is 5.32 Å². The van der Waals surface area contributed by atoms with Crippen molar-refractivity contribution in [2.75, 3.05) is 27.2 Å². The Bertz CT molecular complexity index is 313. The normalized spacial score (nSPS) is 11.0. The maximum atomic E-state index is 12.8. The Labute approximate surface area is 88.9 Å². The molecule has 1 aromatic carbocycles. The summed E-state index contributed by atoms with van der Waals surface area (Å²) in [6.45, 7) is 2.31. The van der Waals surface area contributed by atoms with Crippen LogP contribution in [0.1, 0.15) is 5.56 Å². The lowest BCUT2D eigenvalue weighted by Crippen LogP contribution is -2.26. The molecule has 0 heterocycles. The summed E-state index contributed by atoms with van der Waals surface area (Å²) in [7, 11) is 3.97. The van der Waals surface area contributed by atoms with Gasteiger partial charge in [0.1, 0.15) is 0 Å². The molecule has 0 aliphatic heterocycles. The fourth-order valence-corrected chi connectivity index (χ4v) is 1.18. The number of nitrogens with one attached hydrogen (secondary N) is 1. The minimum Gasteiger partial charge on any atom is -0.311 e. The van der Waals surface area contributed by atoms with Crippen molar-refractivity contribution in [1.29, 1.82) is 0 Å². The van der Waals surface area contributed by atoms with Gasteiger partial charge in [-0.2, -0.15) is 0 Å². The molecule has 0 fully saturated rings. The topological polar surface area (TPSA) is 15.3 Å². The molecule has 1 rings (SSSR count). The molecule has 1 aromatic rings. The summed E-state index contributed by atoms with van der Waals surface area (Å²) in [4.78, 5) is 2.05. The van der Waals surface area contributed by atoms with Crippen LogP contribution in [-0.4, -0.2) is 32.1 Å². The standard InChI is InChI=1S/C11H16F2N2/c1-15(2)6-5-14-8-9-3-4-10(12)11(13)7-9/h3-4,7,14H,5-6,8H2,1-2H3. The minimum absolute atomic E-state index is 0.561. The van der Waals surface area contributed by atoms with E-state index in [1.807, 2.05) is 14.1 Å². The van der Waals surface area contributed by atoms with Gasteiger partial charge in [-0.3, -0.25) is 0 Å². The van der Waals surface area contributed by atoms with Gasteiger partial charge < -0.3 is 10.2 Å². The summed E-state index contributed by atoms with van der Waals surface area (Å²) in [5, 5.41) is 3.15. The summed E-state index contributed by atoms with van der Waals surface area (Å²) in [6.07, 6.45) is 0. The molecule has 0 unspecified atom stereocenters. The number of benzene rings is 1. The molecule has 0 aromatic heterocycles. The summed E-state index contributed by atoms with van der Waals surface area (Å²) in [5.74, 6) is -1.59. The van der Waals surface area contributed by atoms with Gasteiger partial charge in [-0.25, -0.2) is 8.78 Å². The first-order valence-corrected chi connectivity index (χ1v) is 4.89. The molecule has 0 bridgehead atoms. The molecule has 0 spiro atoms. The van der Waals surface area contributed by atoms with Crippen molar-refractivity contribution in [2.24, 2.45) is 0 Å². The van der Waals surface area contributed by atoms with Crippen LogP contribution >= 0.6 is 0 Å². The highest BCUT2D eigenvalue weighted by atomic mass is 19.2. The molecule has 0 radical (unpaired) electrons. The average Bonchev–Trinajstić information content (AvgIpc) is 2.18. The van der Waals surface area contributed by atoms with E-state index in [0.717, 1.165) is 24.7 Å². The van der Waals surface area contributed by atoms with Crippen LogP contribution in [0.2, 0.25) is 0 Å². The molecule has 0 saturated carbocycles. The molecule has 1 N–H and O–H groups in total. The lowest BCUT2D eigenvalue weighted by molar-refractivity contribution is 0.399. The van der Waals surface area contributed by atoms with Crippen molar-refractivity contribution < 1.29 is 8.78 Å². The summed E-state index contributed by atoms with van der Waals surface area (Å²) in [5.41, 5.74) is 0.757. The summed E-state index contributed by atoms with van der Waals surface area (Å²) >= 11 is 0. The monoisotopic (exact) mass is 214 g/mol. The van der Waals surface area contributed by atoms with E-state index in [0.29, 0.717) is 6.54 Å². The second-order valence-electron chi connectivity index (χ2n) is 3.73. The predicted octanol–water partition coefficient (Wildman–Crippen LogP) is 1.62. The average molecular weight is 214 g/mol. The van der Waals surface area contributed by atoms with Crippen molar-refractivity contribution in [3.63, 3.8) is 0 Å². The van der Waals surface area contributed by atoms with Gasteiger partial charge in [-0.1, -0.05) is 6.07 Å². The van der Waals surface area contributed by atoms with E-state index in [1.54, 1.807) is 6.07 Å². The van der Waals surface area contributed by atoms with Crippen molar-refractivity contribution in [3.8, 4) is 0 Å². The molecule has 84 valence electrons. The van der Waals surface area contributed by atoms with Crippen LogP contribution in [-0.2, 0) is 6.54 Å². The summed E-state index contributed by atoms with van der Waals surface area (Å²) < 4.78 is 25.4. The first-order chi connectivity index (χ1) is 7.09. The Morgan fingerprint density at radius 1 is 1.20 bits per heavy atom. The molecular weight excluding hydrogens is 198 g/mol. The molecule has 0 amide bonds. The molecule has 4 heteroatoms. The fourth-order valence-electron chi connectivity index (χ4n) is 1.18. The van der Waals surface area contributed by atoms with E-state index in [2.05, 4.69) is 10.2 Å². The van der Waals surface area contributed by atoms with Gasteiger partial charge in [0.2, 0.25) is 0 Å². The lowest BCUT2D eigenvalue weighted by Gasteiger charge is -2.10. The van der Waals surface area contributed by atoms with Gasteiger partial charge >= 0.3 is 0 Å². The quantitative estimate of drug-likeness (QED) is 0.749. The Balaban J connectivity index is 2.35. The first-order valence-electron chi connectivity index (χ1n) is 4.89. The second kappa shape index (κ2) is 5.78. The number of halogens is 2. The molecule has 15 heavy (non-hydrogen) atoms. The van der Waals surface area contributed by atoms with Crippen LogP contribution in [0.4, 0.5) is 8.78 Å². The third-order valence-corrected chi connectivity index (χ3v) is 2.05. The zero-order valence-electron chi connectivity index (χ0n) is 9.06. The maximum absolute atomic E-state index is 12.8. The Morgan fingerprint density at radius 2 is 1.93 bits per heavy atom. The van der Waals surface area contributed by atoms with Crippen LogP contribution in [0.15, 0.2) is 18.2 Å². The largest absolute Gasteiger partial charge is 0.311 e. The van der Waals surface area contributed by atoms with E-state index in [4.69, 9.17) is 0 Å². The number of nitrogens with zero attached hydrogens (tertiary/aromatic N) is 1. The van der Waals surface area contributed by atoms with E-state index in [1.165, 1.54) is 6.07 Å². The third kappa shape index (κ3) is 4.36. The highest BCUT2D eigenvalue weighted by molar-refractivity contribution is 5.17. The van der Waals surface area contributed by atoms with E-state index in [9.17, 15) is 8.78 Å². The van der Waals surface area contributed by atoms with E-state index < -0.39 is 11.6 Å². The van der Waals surface area contributed by atoms with Gasteiger partial charge in [0.25, 0.3) is 0 Å². The fraction of sp³-hybridized carbons (Fsp3) is 0.455. The van der Waals surface area contributed by atoms with Gasteiger partial charge in [0, 0.05) is 19.6 Å². The third-order valence-electron chi connectivity index (χ3n) is 2.05. The smallest absolute Gasteiger partial charge is 0.159 e. The molecule has 0 aliphatic rings. The first kappa shape index (κ1) is 12.1. The molecule has 0 saturated heterocycles. The zero-order chi connectivity index (χ0) is 11.3. The van der Waals surface area contributed by atoms with Crippen molar-refractivity contribution >= 4 is 0 Å². The van der Waals surface area contributed by atoms with Gasteiger partial charge in [0.05, 0.1) is 0 Å². The summed E-state index contributed by atoms with van der Waals surface area (Å²) in [6, 6.07) is 3.96. The van der Waals surface area contributed by atoms with Crippen molar-refractivity contribution in [3.05, 3.63) is 35.4 Å². The number of likely N-dealkylation sites (N-methyl/N-ethyl adjacent to an activating group) is 1. The van der Waals surface area contributed by atoms with Gasteiger partial charge in [-0.05, 0) is 31.8 Å². The molecular formula is C11H16F2N2. The van der Waals surface area contributed by atoms with Gasteiger partial charge in [0.15, 0.2) is 11.6 Å². The molecule has 2 nitrogen and oxygen atoms in total. The van der Waals surface area contributed by atoms with Crippen molar-refractivity contribution in [1.82, 2.24) is 10.2 Å². The number of rotatable bonds is 5. The SMILES string of the molecule is CN(C)CCNCc1ccc(F)c(F)c1. The lowest BCUT2D eigenvalue weighted by atomic mass is 10.2. The van der Waals surface area contributed by atoms with Crippen LogP contribution in [0, 0.1) is 11.6 Å². The van der Waals surface area contributed by atoms with Crippen LogP contribution in [0.5, 0.6) is 0 Å². The predicted molar refractivity (Wildman–Crippen MR) is 56.6 cm³/mol. The number of hydrogen-bond acceptors (Lipinski definition) is 2. The highest BCUT2D eigenvalue weighted by Gasteiger charge is 2.01. The molecule has 0 aliphatic carbocycles. The van der Waals surface area contributed by atoms with E-state index >= 15 is 0 Å².